The maximum absolute atomic E-state index is 4.78. The van der Waals surface area contributed by atoms with E-state index < -0.39 is 0 Å². The van der Waals surface area contributed by atoms with Gasteiger partial charge in [0.05, 0.1) is 11.2 Å². The monoisotopic (exact) mass is 269 g/mol. The number of aromatic nitrogens is 1. The van der Waals surface area contributed by atoms with Gasteiger partial charge in [-0.2, -0.15) is 0 Å². The van der Waals surface area contributed by atoms with Crippen molar-refractivity contribution in [1.29, 1.82) is 0 Å². The van der Waals surface area contributed by atoms with Gasteiger partial charge >= 0.3 is 0 Å². The second kappa shape index (κ2) is 6.33. The first-order valence-corrected chi connectivity index (χ1v) is 7.65. The lowest BCUT2D eigenvalue weighted by atomic mass is 10.1. The number of hydrogen-bond donors (Lipinski definition) is 1. The molecule has 1 aromatic heterocycles. The van der Waals surface area contributed by atoms with Gasteiger partial charge in [0.25, 0.3) is 0 Å². The Balaban J connectivity index is 1.69. The summed E-state index contributed by atoms with van der Waals surface area (Å²) in [7, 11) is 0. The Kier molecular flexibility index (Phi) is 4.28. The number of nitrogens with zero attached hydrogens (tertiary/aromatic N) is 2. The molecule has 1 N–H and O–H groups in total. The first kappa shape index (κ1) is 13.5. The Bertz CT molecular complexity index is 565. The minimum Gasteiger partial charge on any atom is -0.311 e. The third kappa shape index (κ3) is 3.17. The van der Waals surface area contributed by atoms with Crippen LogP contribution in [0.25, 0.3) is 10.9 Å². The summed E-state index contributed by atoms with van der Waals surface area (Å²) < 4.78 is 0. The predicted molar refractivity (Wildman–Crippen MR) is 83.7 cm³/mol. The van der Waals surface area contributed by atoms with Gasteiger partial charge in [-0.05, 0) is 18.6 Å². The van der Waals surface area contributed by atoms with Gasteiger partial charge in [-0.1, -0.05) is 37.6 Å². The smallest absolute Gasteiger partial charge is 0.0705 e. The molecule has 0 bridgehead atoms. The summed E-state index contributed by atoms with van der Waals surface area (Å²) in [5, 5.41) is 4.83. The van der Waals surface area contributed by atoms with E-state index in [0.717, 1.165) is 31.7 Å². The van der Waals surface area contributed by atoms with Crippen molar-refractivity contribution in [2.24, 2.45) is 0 Å². The highest BCUT2D eigenvalue weighted by atomic mass is 15.2. The van der Waals surface area contributed by atoms with Crippen molar-refractivity contribution in [3.05, 3.63) is 42.1 Å². The van der Waals surface area contributed by atoms with Gasteiger partial charge in [0.15, 0.2) is 0 Å². The number of fused-ring (bicyclic) bond motifs is 1. The van der Waals surface area contributed by atoms with E-state index in [2.05, 4.69) is 53.5 Å². The average Bonchev–Trinajstić information content (AvgIpc) is 2.48. The van der Waals surface area contributed by atoms with Crippen molar-refractivity contribution < 1.29 is 0 Å². The van der Waals surface area contributed by atoms with Crippen LogP contribution in [0.5, 0.6) is 0 Å². The molecule has 1 aliphatic heterocycles. The first-order chi connectivity index (χ1) is 9.85. The third-order valence-electron chi connectivity index (χ3n) is 4.02. The molecule has 0 spiro atoms. The number of para-hydroxylation sites is 1. The van der Waals surface area contributed by atoms with Crippen molar-refractivity contribution in [1.82, 2.24) is 15.2 Å². The largest absolute Gasteiger partial charge is 0.311 e. The minimum atomic E-state index is 0.647. The SMILES string of the molecule is CCCC1CN(Cc2ccc3ccccc3n2)CCN1. The standard InChI is InChI=1S/C17H23N3/c1-2-5-15-12-20(11-10-18-15)13-16-9-8-14-6-3-4-7-17(14)19-16/h3-4,6-9,15,18H,2,5,10-13H2,1H3. The third-order valence-corrected chi connectivity index (χ3v) is 4.02. The van der Waals surface area contributed by atoms with Crippen LogP contribution in [0.3, 0.4) is 0 Å². The van der Waals surface area contributed by atoms with E-state index in [4.69, 9.17) is 4.98 Å². The van der Waals surface area contributed by atoms with Crippen LogP contribution >= 0.6 is 0 Å². The van der Waals surface area contributed by atoms with Crippen LogP contribution in [0.15, 0.2) is 36.4 Å². The van der Waals surface area contributed by atoms with Gasteiger partial charge in [0.1, 0.15) is 0 Å². The molecule has 3 nitrogen and oxygen atoms in total. The van der Waals surface area contributed by atoms with Crippen LogP contribution in [-0.2, 0) is 6.54 Å². The molecule has 3 heteroatoms. The lowest BCUT2D eigenvalue weighted by Gasteiger charge is -2.33. The Morgan fingerprint density at radius 1 is 1.25 bits per heavy atom. The molecule has 1 saturated heterocycles. The summed E-state index contributed by atoms with van der Waals surface area (Å²) in [4.78, 5) is 7.30. The van der Waals surface area contributed by atoms with Crippen LogP contribution in [0.4, 0.5) is 0 Å². The Labute approximate surface area is 121 Å². The highest BCUT2D eigenvalue weighted by Crippen LogP contribution is 2.14. The molecule has 1 unspecified atom stereocenters. The summed E-state index contributed by atoms with van der Waals surface area (Å²) in [5.41, 5.74) is 2.28. The van der Waals surface area contributed by atoms with Crippen molar-refractivity contribution in [3.8, 4) is 0 Å². The van der Waals surface area contributed by atoms with E-state index in [1.165, 1.54) is 23.9 Å². The first-order valence-electron chi connectivity index (χ1n) is 7.65. The zero-order chi connectivity index (χ0) is 13.8. The quantitative estimate of drug-likeness (QED) is 0.925. The van der Waals surface area contributed by atoms with Crippen molar-refractivity contribution in [3.63, 3.8) is 0 Å². The van der Waals surface area contributed by atoms with Gasteiger partial charge in [-0.15, -0.1) is 0 Å². The lowest BCUT2D eigenvalue weighted by molar-refractivity contribution is 0.185. The molecule has 2 aromatic rings. The molecule has 2 heterocycles. The molecule has 1 aromatic carbocycles. The summed E-state index contributed by atoms with van der Waals surface area (Å²) in [6.07, 6.45) is 2.52. The highest BCUT2D eigenvalue weighted by Gasteiger charge is 2.18. The molecule has 0 radical (unpaired) electrons. The fourth-order valence-corrected chi connectivity index (χ4v) is 3.01. The zero-order valence-corrected chi connectivity index (χ0v) is 12.2. The number of piperazine rings is 1. The number of hydrogen-bond acceptors (Lipinski definition) is 3. The van der Waals surface area contributed by atoms with Crippen molar-refractivity contribution >= 4 is 10.9 Å². The van der Waals surface area contributed by atoms with Crippen LogP contribution in [0, 0.1) is 0 Å². The maximum Gasteiger partial charge on any atom is 0.0705 e. The molecule has 0 saturated carbocycles. The second-order valence-electron chi connectivity index (χ2n) is 5.67. The lowest BCUT2D eigenvalue weighted by Crippen LogP contribution is -2.50. The fraction of sp³-hybridized carbons (Fsp3) is 0.471. The predicted octanol–water partition coefficient (Wildman–Crippen LogP) is 2.81. The minimum absolute atomic E-state index is 0.647. The molecule has 1 fully saturated rings. The highest BCUT2D eigenvalue weighted by molar-refractivity contribution is 5.78. The molecular weight excluding hydrogens is 246 g/mol. The topological polar surface area (TPSA) is 28.2 Å². The zero-order valence-electron chi connectivity index (χ0n) is 12.2. The van der Waals surface area contributed by atoms with E-state index in [0.29, 0.717) is 6.04 Å². The van der Waals surface area contributed by atoms with Gasteiger partial charge < -0.3 is 5.32 Å². The van der Waals surface area contributed by atoms with E-state index >= 15 is 0 Å². The van der Waals surface area contributed by atoms with Crippen molar-refractivity contribution in [2.45, 2.75) is 32.4 Å². The van der Waals surface area contributed by atoms with Gasteiger partial charge in [0, 0.05) is 37.6 Å². The Morgan fingerprint density at radius 3 is 3.05 bits per heavy atom. The maximum atomic E-state index is 4.78. The van der Waals surface area contributed by atoms with Crippen LogP contribution in [0.2, 0.25) is 0 Å². The summed E-state index contributed by atoms with van der Waals surface area (Å²) in [6, 6.07) is 13.3. The summed E-state index contributed by atoms with van der Waals surface area (Å²) in [6.45, 7) is 6.58. The molecule has 3 rings (SSSR count). The Morgan fingerprint density at radius 2 is 2.15 bits per heavy atom. The molecule has 1 aliphatic rings. The molecule has 1 atom stereocenters. The van der Waals surface area contributed by atoms with Crippen LogP contribution < -0.4 is 5.32 Å². The number of benzene rings is 1. The van der Waals surface area contributed by atoms with E-state index in [9.17, 15) is 0 Å². The van der Waals surface area contributed by atoms with E-state index in [-0.39, 0.29) is 0 Å². The summed E-state index contributed by atoms with van der Waals surface area (Å²) in [5.74, 6) is 0. The summed E-state index contributed by atoms with van der Waals surface area (Å²) >= 11 is 0. The average molecular weight is 269 g/mol. The van der Waals surface area contributed by atoms with Crippen LogP contribution in [-0.4, -0.2) is 35.6 Å². The molecule has 106 valence electrons. The number of rotatable bonds is 4. The van der Waals surface area contributed by atoms with Gasteiger partial charge in [-0.3, -0.25) is 9.88 Å². The number of nitrogens with one attached hydrogen (secondary N) is 1. The number of pyridine rings is 1. The molecule has 0 aliphatic carbocycles. The second-order valence-corrected chi connectivity index (χ2v) is 5.67. The molecule has 0 amide bonds. The normalized spacial score (nSPS) is 20.4. The van der Waals surface area contributed by atoms with Crippen molar-refractivity contribution in [2.75, 3.05) is 19.6 Å². The van der Waals surface area contributed by atoms with Gasteiger partial charge in [0.2, 0.25) is 0 Å². The molecular formula is C17H23N3. The van der Waals surface area contributed by atoms with Crippen LogP contribution in [0.1, 0.15) is 25.5 Å². The van der Waals surface area contributed by atoms with E-state index in [1.54, 1.807) is 0 Å². The van der Waals surface area contributed by atoms with Gasteiger partial charge in [-0.25, -0.2) is 0 Å². The fourth-order valence-electron chi connectivity index (χ4n) is 3.01. The van der Waals surface area contributed by atoms with E-state index in [1.807, 2.05) is 0 Å². The molecule has 20 heavy (non-hydrogen) atoms. The Hall–Kier alpha value is -1.45.